The Labute approximate surface area is 200 Å². The number of para-hydroxylation sites is 1. The number of sulfonamides is 1. The molecular formula is C26H27N3O4S. The Morgan fingerprint density at radius 2 is 1.62 bits per heavy atom. The van der Waals surface area contributed by atoms with E-state index in [1.54, 1.807) is 36.2 Å². The fraction of sp³-hybridized carbons (Fsp3) is 0.269. The first-order valence-electron chi connectivity index (χ1n) is 11.1. The molecule has 34 heavy (non-hydrogen) atoms. The van der Waals surface area contributed by atoms with E-state index in [1.165, 1.54) is 0 Å². The standard InChI is InChI=1S/C26H27N3O4S/c1-18-8-12-20(13-9-18)29-16-21(17-30)33-26(29)23-6-4-5-7-24(23)28(3)25(26)27-34(31,32)22-14-10-19(2)11-15-22/h4-15,21,30H,16-17H2,1-3H3/b27-25+/t21-,26-/m1/s1. The number of likely N-dealkylation sites (N-methyl/N-ethyl adjacent to an activating group) is 1. The van der Waals surface area contributed by atoms with Crippen LogP contribution in [-0.4, -0.2) is 45.7 Å². The first kappa shape index (κ1) is 22.6. The van der Waals surface area contributed by atoms with Gasteiger partial charge in [-0.2, -0.15) is 8.42 Å². The largest absolute Gasteiger partial charge is 0.394 e. The Morgan fingerprint density at radius 1 is 1.00 bits per heavy atom. The lowest BCUT2D eigenvalue weighted by Crippen LogP contribution is -2.50. The van der Waals surface area contributed by atoms with Gasteiger partial charge < -0.3 is 19.6 Å². The van der Waals surface area contributed by atoms with E-state index in [0.717, 1.165) is 28.1 Å². The van der Waals surface area contributed by atoms with Crippen molar-refractivity contribution in [2.45, 2.75) is 30.6 Å². The molecule has 1 N–H and O–H groups in total. The maximum Gasteiger partial charge on any atom is 0.284 e. The van der Waals surface area contributed by atoms with E-state index in [9.17, 15) is 13.5 Å². The van der Waals surface area contributed by atoms with Crippen molar-refractivity contribution in [2.24, 2.45) is 4.40 Å². The summed E-state index contributed by atoms with van der Waals surface area (Å²) < 4.78 is 37.7. The van der Waals surface area contributed by atoms with Gasteiger partial charge in [-0.1, -0.05) is 53.6 Å². The number of nitrogens with zero attached hydrogens (tertiary/aromatic N) is 3. The van der Waals surface area contributed by atoms with Crippen molar-refractivity contribution in [3.05, 3.63) is 89.5 Å². The molecule has 0 radical (unpaired) electrons. The molecule has 0 saturated carbocycles. The van der Waals surface area contributed by atoms with E-state index < -0.39 is 21.9 Å². The lowest BCUT2D eigenvalue weighted by Gasteiger charge is -2.36. The summed E-state index contributed by atoms with van der Waals surface area (Å²) in [5.41, 5.74) is 3.21. The maximum absolute atomic E-state index is 13.4. The molecule has 1 spiro atoms. The molecular weight excluding hydrogens is 450 g/mol. The molecule has 8 heteroatoms. The molecule has 2 aliphatic rings. The van der Waals surface area contributed by atoms with Crippen molar-refractivity contribution < 1.29 is 18.3 Å². The highest BCUT2D eigenvalue weighted by atomic mass is 32.2. The van der Waals surface area contributed by atoms with Gasteiger partial charge in [0, 0.05) is 18.3 Å². The Morgan fingerprint density at radius 3 is 2.26 bits per heavy atom. The molecule has 1 saturated heterocycles. The highest BCUT2D eigenvalue weighted by Gasteiger charge is 2.59. The Bertz CT molecular complexity index is 1350. The summed E-state index contributed by atoms with van der Waals surface area (Å²) in [6, 6.07) is 22.2. The predicted molar refractivity (Wildman–Crippen MR) is 133 cm³/mol. The summed E-state index contributed by atoms with van der Waals surface area (Å²) in [5, 5.41) is 10.0. The predicted octanol–water partition coefficient (Wildman–Crippen LogP) is 3.59. The summed E-state index contributed by atoms with van der Waals surface area (Å²) in [6.07, 6.45) is -0.520. The number of amidine groups is 1. The molecule has 7 nitrogen and oxygen atoms in total. The first-order chi connectivity index (χ1) is 16.3. The number of hydrogen-bond acceptors (Lipinski definition) is 5. The highest BCUT2D eigenvalue weighted by Crippen LogP contribution is 2.50. The summed E-state index contributed by atoms with van der Waals surface area (Å²) >= 11 is 0. The minimum absolute atomic E-state index is 0.115. The van der Waals surface area contributed by atoms with E-state index in [1.807, 2.05) is 67.3 Å². The van der Waals surface area contributed by atoms with Gasteiger partial charge in [0.25, 0.3) is 10.0 Å². The second-order valence-electron chi connectivity index (χ2n) is 8.79. The molecule has 3 aromatic rings. The Balaban J connectivity index is 1.74. The van der Waals surface area contributed by atoms with Crippen LogP contribution in [0.4, 0.5) is 11.4 Å². The maximum atomic E-state index is 13.4. The van der Waals surface area contributed by atoms with Crippen molar-refractivity contribution in [1.82, 2.24) is 0 Å². The smallest absolute Gasteiger partial charge is 0.284 e. The number of aliphatic hydroxyl groups excluding tert-OH is 1. The summed E-state index contributed by atoms with van der Waals surface area (Å²) in [7, 11) is -2.24. The molecule has 1 fully saturated rings. The van der Waals surface area contributed by atoms with Crippen LogP contribution in [0.25, 0.3) is 0 Å². The van der Waals surface area contributed by atoms with Crippen molar-refractivity contribution in [3.8, 4) is 0 Å². The molecule has 5 rings (SSSR count). The van der Waals surface area contributed by atoms with Crippen LogP contribution in [0.1, 0.15) is 16.7 Å². The first-order valence-corrected chi connectivity index (χ1v) is 12.6. The van der Waals surface area contributed by atoms with Crippen molar-refractivity contribution in [3.63, 3.8) is 0 Å². The average molecular weight is 478 g/mol. The monoisotopic (exact) mass is 477 g/mol. The summed E-state index contributed by atoms with van der Waals surface area (Å²) in [4.78, 5) is 3.88. The number of rotatable bonds is 4. The van der Waals surface area contributed by atoms with Crippen LogP contribution >= 0.6 is 0 Å². The second kappa shape index (κ2) is 8.23. The van der Waals surface area contributed by atoms with Crippen molar-refractivity contribution >= 4 is 27.2 Å². The molecule has 0 aromatic heterocycles. The van der Waals surface area contributed by atoms with Gasteiger partial charge in [-0.15, -0.1) is 4.40 Å². The third kappa shape index (κ3) is 3.50. The molecule has 2 heterocycles. The summed E-state index contributed by atoms with van der Waals surface area (Å²) in [6.45, 7) is 4.09. The lowest BCUT2D eigenvalue weighted by molar-refractivity contribution is -0.0173. The normalized spacial score (nSPS) is 23.2. The number of hydrogen-bond donors (Lipinski definition) is 1. The zero-order valence-electron chi connectivity index (χ0n) is 19.3. The SMILES string of the molecule is Cc1ccc(N2C[C@H](CO)O[C@]23/C(=N\S(=O)(=O)c2ccc(C)cc2)N(C)c2ccccc23)cc1. The van der Waals surface area contributed by atoms with Crippen LogP contribution in [0, 0.1) is 13.8 Å². The number of anilines is 2. The molecule has 2 aliphatic heterocycles. The van der Waals surface area contributed by atoms with E-state index >= 15 is 0 Å². The summed E-state index contributed by atoms with van der Waals surface area (Å²) in [5.74, 6) is 0.241. The minimum Gasteiger partial charge on any atom is -0.394 e. The average Bonchev–Trinajstić information content (AvgIpc) is 3.33. The van der Waals surface area contributed by atoms with Crippen LogP contribution in [0.3, 0.4) is 0 Å². The molecule has 176 valence electrons. The Kier molecular flexibility index (Phi) is 5.47. The van der Waals surface area contributed by atoms with Gasteiger partial charge in [-0.25, -0.2) is 0 Å². The van der Waals surface area contributed by atoms with E-state index in [0.29, 0.717) is 6.54 Å². The van der Waals surface area contributed by atoms with E-state index in [2.05, 4.69) is 4.40 Å². The fourth-order valence-corrected chi connectivity index (χ4v) is 5.74. The number of aryl methyl sites for hydroxylation is 2. The number of aliphatic hydroxyl groups is 1. The second-order valence-corrected chi connectivity index (χ2v) is 10.4. The van der Waals surface area contributed by atoms with Gasteiger partial charge >= 0.3 is 0 Å². The lowest BCUT2D eigenvalue weighted by atomic mass is 10.0. The highest BCUT2D eigenvalue weighted by molar-refractivity contribution is 7.90. The van der Waals surface area contributed by atoms with E-state index in [-0.39, 0.29) is 17.3 Å². The van der Waals surface area contributed by atoms with Gasteiger partial charge in [-0.3, -0.25) is 0 Å². The number of fused-ring (bicyclic) bond motifs is 2. The molecule has 0 bridgehead atoms. The van der Waals surface area contributed by atoms with Gasteiger partial charge in [0.05, 0.1) is 23.7 Å². The van der Waals surface area contributed by atoms with Gasteiger partial charge in [0.2, 0.25) is 5.72 Å². The van der Waals surface area contributed by atoms with Crippen LogP contribution in [0.5, 0.6) is 0 Å². The third-order valence-corrected chi connectivity index (χ3v) is 7.71. The van der Waals surface area contributed by atoms with Crippen LogP contribution in [0.15, 0.2) is 82.1 Å². The molecule has 3 aromatic carbocycles. The molecule has 0 aliphatic carbocycles. The van der Waals surface area contributed by atoms with Gasteiger partial charge in [0.1, 0.15) is 6.10 Å². The van der Waals surface area contributed by atoms with E-state index in [4.69, 9.17) is 4.74 Å². The molecule has 0 amide bonds. The topological polar surface area (TPSA) is 82.4 Å². The van der Waals surface area contributed by atoms with Crippen LogP contribution < -0.4 is 9.80 Å². The number of benzene rings is 3. The van der Waals surface area contributed by atoms with Crippen LogP contribution in [0.2, 0.25) is 0 Å². The third-order valence-electron chi connectivity index (χ3n) is 6.43. The minimum atomic E-state index is -4.03. The zero-order chi connectivity index (χ0) is 24.1. The van der Waals surface area contributed by atoms with Crippen molar-refractivity contribution in [2.75, 3.05) is 30.0 Å². The molecule has 0 unspecified atom stereocenters. The van der Waals surface area contributed by atoms with Crippen molar-refractivity contribution in [1.29, 1.82) is 0 Å². The molecule has 2 atom stereocenters. The fourth-order valence-electron chi connectivity index (χ4n) is 4.68. The van der Waals surface area contributed by atoms with Gasteiger partial charge in [0.15, 0.2) is 5.84 Å². The van der Waals surface area contributed by atoms with Crippen LogP contribution in [-0.2, 0) is 20.5 Å². The quantitative estimate of drug-likeness (QED) is 0.619. The zero-order valence-corrected chi connectivity index (χ0v) is 20.2. The Hall–Kier alpha value is -3.20. The number of ether oxygens (including phenoxy) is 1. The van der Waals surface area contributed by atoms with Gasteiger partial charge in [-0.05, 0) is 44.2 Å².